The van der Waals surface area contributed by atoms with Crippen molar-refractivity contribution in [1.29, 1.82) is 0 Å². The van der Waals surface area contributed by atoms with Crippen LogP contribution in [-0.4, -0.2) is 37.2 Å². The number of unbranched alkanes of at least 4 members (excludes halogenated alkanes) is 21. The molecule has 0 aliphatic carbocycles. The smallest absolute Gasteiger partial charge is 0.306 e. The summed E-state index contributed by atoms with van der Waals surface area (Å²) >= 11 is 0. The Bertz CT molecular complexity index is 1710. The molecule has 0 saturated heterocycles. The number of ether oxygens (including phenoxy) is 3. The van der Waals surface area contributed by atoms with Crippen molar-refractivity contribution in [1.82, 2.24) is 0 Å². The van der Waals surface area contributed by atoms with Gasteiger partial charge in [0.2, 0.25) is 0 Å². The van der Waals surface area contributed by atoms with E-state index < -0.39 is 6.10 Å². The minimum Gasteiger partial charge on any atom is -0.462 e. The van der Waals surface area contributed by atoms with E-state index >= 15 is 0 Å². The Labute approximate surface area is 480 Å². The highest BCUT2D eigenvalue weighted by molar-refractivity contribution is 5.71. The van der Waals surface area contributed by atoms with Gasteiger partial charge in [0.15, 0.2) is 6.10 Å². The lowest BCUT2D eigenvalue weighted by molar-refractivity contribution is -0.167. The molecule has 0 rings (SSSR count). The highest BCUT2D eigenvalue weighted by Gasteiger charge is 2.19. The van der Waals surface area contributed by atoms with Gasteiger partial charge in [-0.3, -0.25) is 14.4 Å². The van der Waals surface area contributed by atoms with Gasteiger partial charge in [0.1, 0.15) is 13.2 Å². The molecule has 0 aliphatic heterocycles. The van der Waals surface area contributed by atoms with Crippen molar-refractivity contribution in [2.75, 3.05) is 13.2 Å². The SMILES string of the molecule is CC/C=C\C/C=C\C/C=C\C/C=C\C/C=C\C/C=C\C/C=C\C/C=C\CCCCCCCCCCCCC(=O)OCC(COC(=O)CCCCCCC/C=C\CCC)OC(=O)CCCCCCC/C=C\C/C=C\C/C=C\CC. The summed E-state index contributed by atoms with van der Waals surface area (Å²) in [4.78, 5) is 38.1. The zero-order valence-electron chi connectivity index (χ0n) is 50.4. The van der Waals surface area contributed by atoms with Crippen LogP contribution in [0.1, 0.15) is 271 Å². The minimum absolute atomic E-state index is 0.0935. The summed E-state index contributed by atoms with van der Waals surface area (Å²) in [5.74, 6) is -0.928. The van der Waals surface area contributed by atoms with E-state index in [1.807, 2.05) is 0 Å². The van der Waals surface area contributed by atoms with Crippen LogP contribution in [0, 0.1) is 0 Å². The molecule has 0 saturated carbocycles. The quantitative estimate of drug-likeness (QED) is 0.0261. The summed E-state index contributed by atoms with van der Waals surface area (Å²) in [5, 5.41) is 0. The number of esters is 3. The van der Waals surface area contributed by atoms with Crippen LogP contribution in [0.4, 0.5) is 0 Å². The van der Waals surface area contributed by atoms with E-state index in [9.17, 15) is 14.4 Å². The van der Waals surface area contributed by atoms with Crippen molar-refractivity contribution in [3.05, 3.63) is 146 Å². The maximum Gasteiger partial charge on any atom is 0.306 e. The number of carbonyl (C=O) groups excluding carboxylic acids is 3. The second kappa shape index (κ2) is 64.8. The Morgan fingerprint density at radius 2 is 0.500 bits per heavy atom. The average molecular weight is 1080 g/mol. The lowest BCUT2D eigenvalue weighted by atomic mass is 10.1. The van der Waals surface area contributed by atoms with Gasteiger partial charge in [-0.15, -0.1) is 0 Å². The molecule has 0 aliphatic rings. The van der Waals surface area contributed by atoms with Crippen molar-refractivity contribution >= 4 is 17.9 Å². The van der Waals surface area contributed by atoms with Gasteiger partial charge >= 0.3 is 17.9 Å². The molecule has 1 unspecified atom stereocenters. The van der Waals surface area contributed by atoms with E-state index in [1.54, 1.807) is 0 Å². The Balaban J connectivity index is 4.19. The summed E-state index contributed by atoms with van der Waals surface area (Å²) in [7, 11) is 0. The fraction of sp³-hybridized carbons (Fsp3) is 0.625. The van der Waals surface area contributed by atoms with Crippen molar-refractivity contribution in [3.63, 3.8) is 0 Å². The Morgan fingerprint density at radius 1 is 0.269 bits per heavy atom. The molecule has 78 heavy (non-hydrogen) atoms. The zero-order valence-corrected chi connectivity index (χ0v) is 50.4. The fourth-order valence-electron chi connectivity index (χ4n) is 8.36. The standard InChI is InChI=1S/C72H116O6/c1-4-7-10-13-16-19-22-24-26-27-28-29-30-31-32-33-34-35-36-37-38-39-40-41-42-43-44-45-47-48-50-53-56-59-62-65-71(74)77-68-69(67-76-70(73)64-61-58-55-52-21-18-15-12-9-6-3)78-72(75)66-63-60-57-54-51-49-46-25-23-20-17-14-11-8-5-2/h7-8,10-12,15-17,19-20,24-26,28-29,31-32,34-35,37-38,40-41,46,69H,4-6,9,13-14,18,21-23,27,30,33,36,39,42-45,47-68H2,1-3H3/b10-7-,11-8-,15-12-,19-16-,20-17-,26-24-,29-28-,32-31-,35-34-,38-37-,41-40-,46-25-. The van der Waals surface area contributed by atoms with Gasteiger partial charge in [-0.1, -0.05) is 263 Å². The number of carbonyl (C=O) groups is 3. The van der Waals surface area contributed by atoms with Crippen LogP contribution in [-0.2, 0) is 28.6 Å². The largest absolute Gasteiger partial charge is 0.462 e. The first-order valence-electron chi connectivity index (χ1n) is 31.8. The van der Waals surface area contributed by atoms with Crippen molar-refractivity contribution < 1.29 is 28.6 Å². The topological polar surface area (TPSA) is 78.9 Å². The van der Waals surface area contributed by atoms with Crippen molar-refractivity contribution in [2.45, 2.75) is 277 Å². The number of rotatable bonds is 56. The maximum atomic E-state index is 12.8. The lowest BCUT2D eigenvalue weighted by Crippen LogP contribution is -2.30. The molecule has 0 bridgehead atoms. The highest BCUT2D eigenvalue weighted by Crippen LogP contribution is 2.15. The summed E-state index contributed by atoms with van der Waals surface area (Å²) in [5.41, 5.74) is 0. The van der Waals surface area contributed by atoms with Crippen LogP contribution in [0.3, 0.4) is 0 Å². The number of allylic oxidation sites excluding steroid dienone is 24. The van der Waals surface area contributed by atoms with E-state index in [-0.39, 0.29) is 31.1 Å². The Hall–Kier alpha value is -4.71. The summed E-state index contributed by atoms with van der Waals surface area (Å²) in [6.07, 6.45) is 93.0. The van der Waals surface area contributed by atoms with Gasteiger partial charge in [-0.2, -0.15) is 0 Å². The molecule has 0 heterocycles. The molecular formula is C72H116O6. The van der Waals surface area contributed by atoms with Crippen LogP contribution in [0.25, 0.3) is 0 Å². The Morgan fingerprint density at radius 3 is 0.795 bits per heavy atom. The third kappa shape index (κ3) is 62.1. The van der Waals surface area contributed by atoms with Gasteiger partial charge in [-0.25, -0.2) is 0 Å². The van der Waals surface area contributed by atoms with Gasteiger partial charge in [-0.05, 0) is 135 Å². The molecule has 0 amide bonds. The predicted octanol–water partition coefficient (Wildman–Crippen LogP) is 21.9. The third-order valence-corrected chi connectivity index (χ3v) is 13.0. The second-order valence-corrected chi connectivity index (χ2v) is 20.5. The van der Waals surface area contributed by atoms with Gasteiger partial charge < -0.3 is 14.2 Å². The third-order valence-electron chi connectivity index (χ3n) is 13.0. The molecule has 1 atom stereocenters. The first kappa shape index (κ1) is 73.3. The lowest BCUT2D eigenvalue weighted by Gasteiger charge is -2.18. The van der Waals surface area contributed by atoms with Crippen LogP contribution >= 0.6 is 0 Å². The summed E-state index contributed by atoms with van der Waals surface area (Å²) < 4.78 is 16.8. The van der Waals surface area contributed by atoms with Gasteiger partial charge in [0.25, 0.3) is 0 Å². The monoisotopic (exact) mass is 1080 g/mol. The highest BCUT2D eigenvalue weighted by atomic mass is 16.6. The molecule has 6 heteroatoms. The normalized spacial score (nSPS) is 13.1. The van der Waals surface area contributed by atoms with E-state index in [1.165, 1.54) is 57.8 Å². The van der Waals surface area contributed by atoms with Crippen LogP contribution in [0.2, 0.25) is 0 Å². The number of hydrogen-bond acceptors (Lipinski definition) is 6. The van der Waals surface area contributed by atoms with E-state index in [4.69, 9.17) is 14.2 Å². The molecule has 440 valence electrons. The van der Waals surface area contributed by atoms with Gasteiger partial charge in [0.05, 0.1) is 0 Å². The maximum absolute atomic E-state index is 12.8. The minimum atomic E-state index is -0.796. The molecule has 0 aromatic heterocycles. The molecule has 0 fully saturated rings. The first-order valence-corrected chi connectivity index (χ1v) is 31.8. The fourth-order valence-corrected chi connectivity index (χ4v) is 8.36. The van der Waals surface area contributed by atoms with Crippen molar-refractivity contribution in [3.8, 4) is 0 Å². The van der Waals surface area contributed by atoms with E-state index in [0.717, 1.165) is 173 Å². The zero-order chi connectivity index (χ0) is 56.4. The molecular weight excluding hydrogens is 961 g/mol. The predicted molar refractivity (Wildman–Crippen MR) is 339 cm³/mol. The first-order chi connectivity index (χ1) is 38.5. The van der Waals surface area contributed by atoms with Crippen molar-refractivity contribution in [2.24, 2.45) is 0 Å². The second-order valence-electron chi connectivity index (χ2n) is 20.5. The molecule has 0 spiro atoms. The molecule has 0 radical (unpaired) electrons. The average Bonchev–Trinajstić information content (AvgIpc) is 3.44. The molecule has 6 nitrogen and oxygen atoms in total. The van der Waals surface area contributed by atoms with Crippen LogP contribution in [0.15, 0.2) is 146 Å². The summed E-state index contributed by atoms with van der Waals surface area (Å²) in [6, 6.07) is 0. The number of hydrogen-bond donors (Lipinski definition) is 0. The van der Waals surface area contributed by atoms with E-state index in [2.05, 4.69) is 167 Å². The van der Waals surface area contributed by atoms with Crippen LogP contribution in [0.5, 0.6) is 0 Å². The molecule has 0 aromatic rings. The van der Waals surface area contributed by atoms with Gasteiger partial charge in [0, 0.05) is 19.3 Å². The summed E-state index contributed by atoms with van der Waals surface area (Å²) in [6.45, 7) is 6.32. The van der Waals surface area contributed by atoms with E-state index in [0.29, 0.717) is 19.3 Å². The molecule has 0 N–H and O–H groups in total. The Kier molecular flexibility index (Phi) is 60.9. The van der Waals surface area contributed by atoms with Crippen LogP contribution < -0.4 is 0 Å². The molecule has 0 aromatic carbocycles.